The summed E-state index contributed by atoms with van der Waals surface area (Å²) in [7, 11) is 1.41. The molecule has 4 nitrogen and oxygen atoms in total. The monoisotopic (exact) mass is 342 g/mol. The van der Waals surface area contributed by atoms with Crippen molar-refractivity contribution in [2.24, 2.45) is 4.99 Å². The number of halogens is 1. The second kappa shape index (κ2) is 6.88. The van der Waals surface area contributed by atoms with Gasteiger partial charge in [0.15, 0.2) is 16.7 Å². The van der Waals surface area contributed by atoms with Crippen LogP contribution in [0.2, 0.25) is 0 Å². The second-order valence-electron chi connectivity index (χ2n) is 5.21. The zero-order valence-corrected chi connectivity index (χ0v) is 14.0. The van der Waals surface area contributed by atoms with Crippen LogP contribution < -0.4 is 10.1 Å². The van der Waals surface area contributed by atoms with E-state index < -0.39 is 5.82 Å². The quantitative estimate of drug-likeness (QED) is 0.857. The summed E-state index contributed by atoms with van der Waals surface area (Å²) < 4.78 is 18.6. The number of rotatable bonds is 3. The smallest absolute Gasteiger partial charge is 0.264 e. The fraction of sp³-hybridized carbons (Fsp3) is 0.111. The normalized spacial score (nSPS) is 17.4. The van der Waals surface area contributed by atoms with Crippen molar-refractivity contribution in [1.29, 1.82) is 0 Å². The van der Waals surface area contributed by atoms with E-state index in [-0.39, 0.29) is 11.7 Å². The Labute approximate surface area is 143 Å². The van der Waals surface area contributed by atoms with Crippen LogP contribution >= 0.6 is 11.8 Å². The minimum atomic E-state index is -0.469. The number of nitrogens with one attached hydrogen (secondary N) is 1. The lowest BCUT2D eigenvalue weighted by molar-refractivity contribution is -0.115. The van der Waals surface area contributed by atoms with Gasteiger partial charge in [0, 0.05) is 0 Å². The van der Waals surface area contributed by atoms with Gasteiger partial charge in [0.1, 0.15) is 0 Å². The fourth-order valence-corrected chi connectivity index (χ4v) is 2.98. The van der Waals surface area contributed by atoms with Crippen molar-refractivity contribution in [3.63, 3.8) is 0 Å². The summed E-state index contributed by atoms with van der Waals surface area (Å²) in [4.78, 5) is 16.9. The van der Waals surface area contributed by atoms with E-state index >= 15 is 0 Å². The number of amides is 1. The third-order valence-corrected chi connectivity index (χ3v) is 4.30. The Morgan fingerprint density at radius 1 is 1.21 bits per heavy atom. The van der Waals surface area contributed by atoms with Crippen LogP contribution in [0.15, 0.2) is 52.4 Å². The lowest BCUT2D eigenvalue weighted by atomic mass is 10.2. The predicted molar refractivity (Wildman–Crippen MR) is 94.9 cm³/mol. The Morgan fingerprint density at radius 2 is 1.96 bits per heavy atom. The van der Waals surface area contributed by atoms with Crippen LogP contribution in [-0.4, -0.2) is 18.2 Å². The molecule has 1 saturated heterocycles. The summed E-state index contributed by atoms with van der Waals surface area (Å²) in [6.07, 6.45) is 1.63. The van der Waals surface area contributed by atoms with E-state index in [2.05, 4.69) is 10.3 Å². The molecule has 0 saturated carbocycles. The van der Waals surface area contributed by atoms with Crippen molar-refractivity contribution in [2.75, 3.05) is 7.11 Å². The summed E-state index contributed by atoms with van der Waals surface area (Å²) >= 11 is 1.23. The maximum Gasteiger partial charge on any atom is 0.264 e. The molecule has 1 amide bonds. The van der Waals surface area contributed by atoms with E-state index in [1.165, 1.54) is 31.0 Å². The summed E-state index contributed by atoms with van der Waals surface area (Å²) in [5, 5.41) is 3.22. The average molecular weight is 342 g/mol. The first-order valence-corrected chi connectivity index (χ1v) is 8.06. The van der Waals surface area contributed by atoms with E-state index in [0.29, 0.717) is 15.6 Å². The van der Waals surface area contributed by atoms with Gasteiger partial charge in [-0.05, 0) is 54.6 Å². The highest BCUT2D eigenvalue weighted by atomic mass is 32.2. The van der Waals surface area contributed by atoms with Crippen molar-refractivity contribution >= 4 is 34.6 Å². The molecule has 6 heteroatoms. The van der Waals surface area contributed by atoms with Gasteiger partial charge >= 0.3 is 0 Å². The van der Waals surface area contributed by atoms with E-state index in [1.54, 1.807) is 12.1 Å². The van der Waals surface area contributed by atoms with Gasteiger partial charge in [0.05, 0.1) is 17.7 Å². The van der Waals surface area contributed by atoms with Gasteiger partial charge in [-0.25, -0.2) is 9.38 Å². The molecule has 1 aliphatic heterocycles. The van der Waals surface area contributed by atoms with Crippen LogP contribution in [0.3, 0.4) is 0 Å². The Kier molecular flexibility index (Phi) is 4.66. The molecule has 0 aliphatic carbocycles. The molecule has 3 rings (SSSR count). The number of ether oxygens (including phenoxy) is 1. The zero-order valence-electron chi connectivity index (χ0n) is 13.2. The molecule has 1 heterocycles. The predicted octanol–water partition coefficient (Wildman–Crippen LogP) is 4.03. The molecule has 1 aliphatic rings. The number of carbonyl (C=O) groups is 1. The van der Waals surface area contributed by atoms with Crippen molar-refractivity contribution in [2.45, 2.75) is 6.92 Å². The summed E-state index contributed by atoms with van der Waals surface area (Å²) in [5.41, 5.74) is 2.49. The Balaban J connectivity index is 1.81. The van der Waals surface area contributed by atoms with E-state index in [0.717, 1.165) is 11.3 Å². The number of benzene rings is 2. The maximum atomic E-state index is 13.7. The SMILES string of the molecule is COc1ccc(/C=C2\SC(=Nc3ccc(C)cc3)NC2=O)cc1F. The van der Waals surface area contributed by atoms with Gasteiger partial charge in [-0.3, -0.25) is 4.79 Å². The number of aryl methyl sites for hydroxylation is 1. The van der Waals surface area contributed by atoms with Crippen molar-refractivity contribution in [3.8, 4) is 5.75 Å². The van der Waals surface area contributed by atoms with E-state index in [1.807, 2.05) is 31.2 Å². The number of thioether (sulfide) groups is 1. The van der Waals surface area contributed by atoms with Gasteiger partial charge in [-0.15, -0.1) is 0 Å². The summed E-state index contributed by atoms with van der Waals surface area (Å²) in [6, 6.07) is 12.2. The number of aliphatic imine (C=N–C) groups is 1. The number of hydrogen-bond donors (Lipinski definition) is 1. The molecular formula is C18H15FN2O2S. The molecule has 0 aromatic heterocycles. The van der Waals surface area contributed by atoms with Crippen LogP contribution in [0, 0.1) is 12.7 Å². The summed E-state index contributed by atoms with van der Waals surface area (Å²) in [5.74, 6) is -0.548. The van der Waals surface area contributed by atoms with Crippen molar-refractivity contribution in [3.05, 3.63) is 64.3 Å². The van der Waals surface area contributed by atoms with Crippen LogP contribution in [-0.2, 0) is 4.79 Å². The fourth-order valence-electron chi connectivity index (χ4n) is 2.14. The number of methoxy groups -OCH3 is 1. The summed E-state index contributed by atoms with van der Waals surface area (Å²) in [6.45, 7) is 2.00. The van der Waals surface area contributed by atoms with Crippen LogP contribution in [0.5, 0.6) is 5.75 Å². The largest absolute Gasteiger partial charge is 0.494 e. The zero-order chi connectivity index (χ0) is 17.1. The number of carbonyl (C=O) groups excluding carboxylic acids is 1. The molecule has 24 heavy (non-hydrogen) atoms. The third-order valence-electron chi connectivity index (χ3n) is 3.39. The lowest BCUT2D eigenvalue weighted by Crippen LogP contribution is -2.19. The number of hydrogen-bond acceptors (Lipinski definition) is 4. The van der Waals surface area contributed by atoms with Crippen molar-refractivity contribution < 1.29 is 13.9 Å². The first kappa shape index (κ1) is 16.3. The molecule has 0 unspecified atom stereocenters. The number of amidine groups is 1. The van der Waals surface area contributed by atoms with Crippen LogP contribution in [0.1, 0.15) is 11.1 Å². The van der Waals surface area contributed by atoms with Crippen LogP contribution in [0.25, 0.3) is 6.08 Å². The minimum absolute atomic E-state index is 0.169. The molecular weight excluding hydrogens is 327 g/mol. The molecule has 1 fully saturated rings. The highest BCUT2D eigenvalue weighted by Gasteiger charge is 2.23. The average Bonchev–Trinajstić information content (AvgIpc) is 2.89. The highest BCUT2D eigenvalue weighted by molar-refractivity contribution is 8.18. The Hall–Kier alpha value is -2.60. The molecule has 0 spiro atoms. The molecule has 1 N–H and O–H groups in total. The number of nitrogens with zero attached hydrogens (tertiary/aromatic N) is 1. The Morgan fingerprint density at radius 3 is 2.62 bits per heavy atom. The Bertz CT molecular complexity index is 845. The first-order valence-electron chi connectivity index (χ1n) is 7.25. The van der Waals surface area contributed by atoms with Gasteiger partial charge in [0.25, 0.3) is 5.91 Å². The van der Waals surface area contributed by atoms with E-state index in [9.17, 15) is 9.18 Å². The third kappa shape index (κ3) is 3.65. The van der Waals surface area contributed by atoms with Crippen molar-refractivity contribution in [1.82, 2.24) is 5.32 Å². The van der Waals surface area contributed by atoms with Gasteiger partial charge in [0.2, 0.25) is 0 Å². The van der Waals surface area contributed by atoms with Gasteiger partial charge in [-0.1, -0.05) is 23.8 Å². The topological polar surface area (TPSA) is 50.7 Å². The molecule has 2 aromatic rings. The first-order chi connectivity index (χ1) is 11.5. The molecule has 0 bridgehead atoms. The molecule has 0 atom stereocenters. The van der Waals surface area contributed by atoms with Gasteiger partial charge in [-0.2, -0.15) is 0 Å². The second-order valence-corrected chi connectivity index (χ2v) is 6.24. The van der Waals surface area contributed by atoms with E-state index in [4.69, 9.17) is 4.74 Å². The molecule has 0 radical (unpaired) electrons. The lowest BCUT2D eigenvalue weighted by Gasteiger charge is -2.02. The minimum Gasteiger partial charge on any atom is -0.494 e. The highest BCUT2D eigenvalue weighted by Crippen LogP contribution is 2.29. The molecule has 2 aromatic carbocycles. The standard InChI is InChI=1S/C18H15FN2O2S/c1-11-3-6-13(7-4-11)20-18-21-17(22)16(24-18)10-12-5-8-15(23-2)14(19)9-12/h3-10H,1-2H3,(H,20,21,22)/b16-10-. The molecule has 122 valence electrons. The van der Waals surface area contributed by atoms with Gasteiger partial charge < -0.3 is 10.1 Å². The van der Waals surface area contributed by atoms with Crippen LogP contribution in [0.4, 0.5) is 10.1 Å². The maximum absolute atomic E-state index is 13.7.